The van der Waals surface area contributed by atoms with Crippen LogP contribution in [0, 0.1) is 5.92 Å². The molecule has 4 nitrogen and oxygen atoms in total. The molecule has 1 aromatic carbocycles. The SMILES string of the molecule is CCCn1c(CC2(O)CCNCC2C)nc2ccccc21. The van der Waals surface area contributed by atoms with E-state index in [1.807, 2.05) is 6.07 Å². The van der Waals surface area contributed by atoms with Gasteiger partial charge < -0.3 is 15.0 Å². The summed E-state index contributed by atoms with van der Waals surface area (Å²) in [5.41, 5.74) is 1.57. The van der Waals surface area contributed by atoms with Gasteiger partial charge in [-0.25, -0.2) is 4.98 Å². The van der Waals surface area contributed by atoms with Gasteiger partial charge in [0.1, 0.15) is 5.82 Å². The maximum atomic E-state index is 11.0. The van der Waals surface area contributed by atoms with Crippen LogP contribution in [0.1, 0.15) is 32.5 Å². The molecular formula is C17H25N3O. The van der Waals surface area contributed by atoms with Crippen molar-refractivity contribution in [2.24, 2.45) is 5.92 Å². The minimum Gasteiger partial charge on any atom is -0.389 e. The second-order valence-corrected chi connectivity index (χ2v) is 6.30. The van der Waals surface area contributed by atoms with E-state index < -0.39 is 5.60 Å². The van der Waals surface area contributed by atoms with Gasteiger partial charge in [0.25, 0.3) is 0 Å². The predicted molar refractivity (Wildman–Crippen MR) is 85.3 cm³/mol. The first kappa shape index (κ1) is 14.5. The molecule has 114 valence electrons. The number of benzene rings is 1. The fourth-order valence-corrected chi connectivity index (χ4v) is 3.33. The number of para-hydroxylation sites is 2. The Labute approximate surface area is 126 Å². The summed E-state index contributed by atoms with van der Waals surface area (Å²) < 4.78 is 2.28. The quantitative estimate of drug-likeness (QED) is 0.907. The molecular weight excluding hydrogens is 262 g/mol. The Morgan fingerprint density at radius 2 is 2.24 bits per heavy atom. The van der Waals surface area contributed by atoms with Gasteiger partial charge in [-0.3, -0.25) is 0 Å². The second-order valence-electron chi connectivity index (χ2n) is 6.30. The van der Waals surface area contributed by atoms with Crippen molar-refractivity contribution in [3.05, 3.63) is 30.1 Å². The lowest BCUT2D eigenvalue weighted by Gasteiger charge is -2.38. The number of hydrogen-bond acceptors (Lipinski definition) is 3. The normalized spacial score (nSPS) is 26.3. The Hall–Kier alpha value is -1.39. The van der Waals surface area contributed by atoms with Crippen LogP contribution in [0.4, 0.5) is 0 Å². The van der Waals surface area contributed by atoms with Crippen LogP contribution in [-0.4, -0.2) is 33.3 Å². The van der Waals surface area contributed by atoms with Crippen LogP contribution in [0.3, 0.4) is 0 Å². The summed E-state index contributed by atoms with van der Waals surface area (Å²) in [6, 6.07) is 8.26. The Morgan fingerprint density at radius 1 is 1.43 bits per heavy atom. The molecule has 1 fully saturated rings. The zero-order valence-electron chi connectivity index (χ0n) is 13.0. The highest BCUT2D eigenvalue weighted by Crippen LogP contribution is 2.29. The molecule has 2 heterocycles. The lowest BCUT2D eigenvalue weighted by Crippen LogP contribution is -2.50. The molecule has 2 N–H and O–H groups in total. The monoisotopic (exact) mass is 287 g/mol. The smallest absolute Gasteiger partial charge is 0.112 e. The van der Waals surface area contributed by atoms with Gasteiger partial charge in [-0.05, 0) is 37.4 Å². The van der Waals surface area contributed by atoms with Gasteiger partial charge in [-0.1, -0.05) is 26.0 Å². The van der Waals surface area contributed by atoms with Crippen molar-refractivity contribution in [1.29, 1.82) is 0 Å². The Bertz CT molecular complexity index is 622. The number of aromatic nitrogens is 2. The van der Waals surface area contributed by atoms with Crippen LogP contribution >= 0.6 is 0 Å². The van der Waals surface area contributed by atoms with Crippen LogP contribution in [0.5, 0.6) is 0 Å². The average molecular weight is 287 g/mol. The number of rotatable bonds is 4. The highest BCUT2D eigenvalue weighted by molar-refractivity contribution is 5.75. The zero-order valence-corrected chi connectivity index (χ0v) is 13.0. The van der Waals surface area contributed by atoms with Gasteiger partial charge in [0.2, 0.25) is 0 Å². The highest BCUT2D eigenvalue weighted by atomic mass is 16.3. The summed E-state index contributed by atoms with van der Waals surface area (Å²) in [7, 11) is 0. The minimum absolute atomic E-state index is 0.251. The third-order valence-corrected chi connectivity index (χ3v) is 4.75. The standard InChI is InChI=1S/C17H25N3O/c1-3-10-20-15-7-5-4-6-14(15)19-16(20)11-17(21)8-9-18-12-13(17)2/h4-7,13,18,21H,3,8-12H2,1-2H3. The van der Waals surface area contributed by atoms with Crippen molar-refractivity contribution in [1.82, 2.24) is 14.9 Å². The Kier molecular flexibility index (Phi) is 4.00. The van der Waals surface area contributed by atoms with Crippen molar-refractivity contribution in [2.45, 2.75) is 45.3 Å². The molecule has 2 unspecified atom stereocenters. The van der Waals surface area contributed by atoms with Gasteiger partial charge in [-0.2, -0.15) is 0 Å². The first-order chi connectivity index (χ1) is 10.1. The number of nitrogens with zero attached hydrogens (tertiary/aromatic N) is 2. The van der Waals surface area contributed by atoms with Gasteiger partial charge in [0.15, 0.2) is 0 Å². The third kappa shape index (κ3) is 2.70. The summed E-state index contributed by atoms with van der Waals surface area (Å²) in [6.45, 7) is 7.03. The van der Waals surface area contributed by atoms with E-state index in [-0.39, 0.29) is 5.92 Å². The van der Waals surface area contributed by atoms with Crippen LogP contribution in [0.2, 0.25) is 0 Å². The van der Waals surface area contributed by atoms with E-state index in [1.165, 1.54) is 5.52 Å². The lowest BCUT2D eigenvalue weighted by molar-refractivity contribution is -0.0349. The van der Waals surface area contributed by atoms with Crippen molar-refractivity contribution >= 4 is 11.0 Å². The van der Waals surface area contributed by atoms with Gasteiger partial charge in [-0.15, -0.1) is 0 Å². The molecule has 3 rings (SSSR count). The molecule has 0 radical (unpaired) electrons. The summed E-state index contributed by atoms with van der Waals surface area (Å²) in [6.07, 6.45) is 2.51. The molecule has 0 spiro atoms. The molecule has 1 aliphatic rings. The van der Waals surface area contributed by atoms with Crippen LogP contribution in [0.25, 0.3) is 11.0 Å². The van der Waals surface area contributed by atoms with Crippen molar-refractivity contribution in [2.75, 3.05) is 13.1 Å². The maximum Gasteiger partial charge on any atom is 0.112 e. The van der Waals surface area contributed by atoms with Crippen molar-refractivity contribution in [3.8, 4) is 0 Å². The predicted octanol–water partition coefficient (Wildman–Crippen LogP) is 2.35. The van der Waals surface area contributed by atoms with E-state index in [2.05, 4.69) is 41.9 Å². The van der Waals surface area contributed by atoms with Crippen LogP contribution in [-0.2, 0) is 13.0 Å². The number of fused-ring (bicyclic) bond motifs is 1. The van der Waals surface area contributed by atoms with E-state index in [0.29, 0.717) is 6.42 Å². The summed E-state index contributed by atoms with van der Waals surface area (Å²) >= 11 is 0. The Balaban J connectivity index is 1.97. The summed E-state index contributed by atoms with van der Waals surface area (Å²) in [4.78, 5) is 4.79. The zero-order chi connectivity index (χ0) is 14.9. The molecule has 1 aromatic heterocycles. The number of piperidine rings is 1. The van der Waals surface area contributed by atoms with Crippen molar-refractivity contribution in [3.63, 3.8) is 0 Å². The number of aryl methyl sites for hydroxylation is 1. The number of imidazole rings is 1. The molecule has 0 amide bonds. The fraction of sp³-hybridized carbons (Fsp3) is 0.588. The van der Waals surface area contributed by atoms with E-state index in [1.54, 1.807) is 0 Å². The third-order valence-electron chi connectivity index (χ3n) is 4.75. The summed E-state index contributed by atoms with van der Waals surface area (Å²) in [5, 5.41) is 14.4. The highest BCUT2D eigenvalue weighted by Gasteiger charge is 2.37. The molecule has 21 heavy (non-hydrogen) atoms. The van der Waals surface area contributed by atoms with Gasteiger partial charge in [0, 0.05) is 19.5 Å². The average Bonchev–Trinajstić information content (AvgIpc) is 2.81. The lowest BCUT2D eigenvalue weighted by atomic mass is 9.80. The van der Waals surface area contributed by atoms with E-state index >= 15 is 0 Å². The first-order valence-electron chi connectivity index (χ1n) is 8.01. The largest absolute Gasteiger partial charge is 0.389 e. The molecule has 1 saturated heterocycles. The molecule has 2 atom stereocenters. The number of hydrogen-bond donors (Lipinski definition) is 2. The topological polar surface area (TPSA) is 50.1 Å². The minimum atomic E-state index is -0.641. The van der Waals surface area contributed by atoms with E-state index in [9.17, 15) is 5.11 Å². The van der Waals surface area contributed by atoms with E-state index in [0.717, 1.165) is 43.8 Å². The van der Waals surface area contributed by atoms with Crippen molar-refractivity contribution < 1.29 is 5.11 Å². The molecule has 0 bridgehead atoms. The Morgan fingerprint density at radius 3 is 3.00 bits per heavy atom. The maximum absolute atomic E-state index is 11.0. The first-order valence-corrected chi connectivity index (χ1v) is 8.01. The number of nitrogens with one attached hydrogen (secondary N) is 1. The fourth-order valence-electron chi connectivity index (χ4n) is 3.33. The molecule has 0 saturated carbocycles. The van der Waals surface area contributed by atoms with Gasteiger partial charge >= 0.3 is 0 Å². The summed E-state index contributed by atoms with van der Waals surface area (Å²) in [5.74, 6) is 1.27. The van der Waals surface area contributed by atoms with E-state index in [4.69, 9.17) is 4.98 Å². The molecule has 0 aliphatic carbocycles. The van der Waals surface area contributed by atoms with Gasteiger partial charge in [0.05, 0.1) is 16.6 Å². The molecule has 2 aromatic rings. The molecule has 1 aliphatic heterocycles. The number of aliphatic hydroxyl groups is 1. The molecule has 4 heteroatoms. The van der Waals surface area contributed by atoms with Crippen LogP contribution < -0.4 is 5.32 Å². The van der Waals surface area contributed by atoms with Crippen LogP contribution in [0.15, 0.2) is 24.3 Å². The second kappa shape index (κ2) is 5.78.